The molecular weight excluding hydrogens is 595 g/mol. The SMILES string of the molecule is CC(C)(C)c1ccc(CC(=O)Cc2nnc(CCSCCc3nnc(NC(=O)Cc4ccc(C(C)(C)C)cc4)s3)s2)cc1. The zero-order chi connectivity index (χ0) is 31.0. The molecule has 4 rings (SSSR count). The lowest BCUT2D eigenvalue weighted by molar-refractivity contribution is -0.118. The van der Waals surface area contributed by atoms with Crippen LogP contribution in [0.25, 0.3) is 0 Å². The quantitative estimate of drug-likeness (QED) is 0.157. The van der Waals surface area contributed by atoms with Gasteiger partial charge < -0.3 is 5.32 Å². The maximum absolute atomic E-state index is 12.6. The van der Waals surface area contributed by atoms with Crippen LogP contribution in [0.4, 0.5) is 5.13 Å². The third kappa shape index (κ3) is 10.6. The van der Waals surface area contributed by atoms with Gasteiger partial charge in [-0.2, -0.15) is 11.8 Å². The number of hydrogen-bond acceptors (Lipinski definition) is 9. The highest BCUT2D eigenvalue weighted by Crippen LogP contribution is 2.24. The summed E-state index contributed by atoms with van der Waals surface area (Å²) in [4.78, 5) is 25.1. The highest BCUT2D eigenvalue weighted by molar-refractivity contribution is 7.99. The number of nitrogens with zero attached hydrogens (tertiary/aromatic N) is 4. The van der Waals surface area contributed by atoms with Crippen molar-refractivity contribution >= 4 is 51.3 Å². The Balaban J connectivity index is 1.12. The van der Waals surface area contributed by atoms with Crippen LogP contribution in [0.15, 0.2) is 48.5 Å². The van der Waals surface area contributed by atoms with Crippen molar-refractivity contribution in [1.29, 1.82) is 0 Å². The van der Waals surface area contributed by atoms with E-state index in [4.69, 9.17) is 0 Å². The molecule has 0 aliphatic heterocycles. The first kappa shape index (κ1) is 33.0. The highest BCUT2D eigenvalue weighted by atomic mass is 32.2. The summed E-state index contributed by atoms with van der Waals surface area (Å²) in [5.41, 5.74) is 4.71. The number of thioether (sulfide) groups is 1. The number of benzene rings is 2. The van der Waals surface area contributed by atoms with Gasteiger partial charge >= 0.3 is 0 Å². The number of nitrogens with one attached hydrogen (secondary N) is 1. The number of aromatic nitrogens is 4. The average molecular weight is 636 g/mol. The van der Waals surface area contributed by atoms with Crippen LogP contribution in [-0.4, -0.2) is 43.6 Å². The number of ketones is 1. The van der Waals surface area contributed by atoms with E-state index in [1.54, 1.807) is 0 Å². The number of amides is 1. The third-order valence-corrected chi connectivity index (χ3v) is 9.76. The molecule has 4 aromatic rings. The minimum Gasteiger partial charge on any atom is -0.300 e. The summed E-state index contributed by atoms with van der Waals surface area (Å²) in [6.07, 6.45) is 2.66. The standard InChI is InChI=1S/C33H41N5O2S3/c1-32(2,3)24-11-7-22(8-12-24)19-26(39)21-30-37-35-28(42-30)15-17-41-18-16-29-36-38-31(43-29)34-27(40)20-23-9-13-25(14-10-23)33(4,5)6/h7-14H,15-21H2,1-6H3,(H,34,38,40). The second kappa shape index (κ2) is 14.7. The smallest absolute Gasteiger partial charge is 0.230 e. The lowest BCUT2D eigenvalue weighted by Gasteiger charge is -2.19. The van der Waals surface area contributed by atoms with E-state index in [2.05, 4.69) is 91.5 Å². The third-order valence-electron chi connectivity index (χ3n) is 6.90. The molecule has 2 heterocycles. The van der Waals surface area contributed by atoms with E-state index < -0.39 is 0 Å². The summed E-state index contributed by atoms with van der Waals surface area (Å²) in [7, 11) is 0. The first-order valence-corrected chi connectivity index (χ1v) is 17.4. The average Bonchev–Trinajstić information content (AvgIpc) is 3.57. The zero-order valence-corrected chi connectivity index (χ0v) is 28.3. The Morgan fingerprint density at radius 3 is 1.70 bits per heavy atom. The molecule has 2 aromatic heterocycles. The van der Waals surface area contributed by atoms with Gasteiger partial charge in [-0.05, 0) is 44.6 Å². The van der Waals surface area contributed by atoms with Crippen molar-refractivity contribution in [1.82, 2.24) is 20.4 Å². The monoisotopic (exact) mass is 635 g/mol. The molecule has 0 spiro atoms. The normalized spacial score (nSPS) is 12.0. The van der Waals surface area contributed by atoms with Gasteiger partial charge in [0, 0.05) is 19.3 Å². The van der Waals surface area contributed by atoms with E-state index in [0.29, 0.717) is 24.4 Å². The van der Waals surface area contributed by atoms with Crippen LogP contribution < -0.4 is 5.32 Å². The van der Waals surface area contributed by atoms with Gasteiger partial charge in [-0.25, -0.2) is 0 Å². The van der Waals surface area contributed by atoms with Gasteiger partial charge in [0.2, 0.25) is 11.0 Å². The van der Waals surface area contributed by atoms with Crippen LogP contribution in [0, 0.1) is 0 Å². The van der Waals surface area contributed by atoms with E-state index >= 15 is 0 Å². The molecular formula is C33H41N5O2S3. The van der Waals surface area contributed by atoms with E-state index in [1.807, 2.05) is 36.0 Å². The molecule has 10 heteroatoms. The summed E-state index contributed by atoms with van der Waals surface area (Å²) in [6, 6.07) is 16.5. The topological polar surface area (TPSA) is 97.7 Å². The molecule has 0 aliphatic rings. The van der Waals surface area contributed by atoms with Gasteiger partial charge in [0.1, 0.15) is 20.8 Å². The highest BCUT2D eigenvalue weighted by Gasteiger charge is 2.16. The van der Waals surface area contributed by atoms with Gasteiger partial charge in [0.05, 0.1) is 12.8 Å². The number of anilines is 1. The molecule has 1 N–H and O–H groups in total. The fraction of sp³-hybridized carbons (Fsp3) is 0.455. The van der Waals surface area contributed by atoms with E-state index in [9.17, 15) is 9.59 Å². The Morgan fingerprint density at radius 1 is 0.651 bits per heavy atom. The molecule has 7 nitrogen and oxygen atoms in total. The van der Waals surface area contributed by atoms with Gasteiger partial charge in [-0.15, -0.1) is 31.7 Å². The first-order chi connectivity index (χ1) is 20.3. The molecule has 2 aromatic carbocycles. The molecule has 0 radical (unpaired) electrons. The van der Waals surface area contributed by atoms with Gasteiger partial charge in [-0.3, -0.25) is 9.59 Å². The van der Waals surface area contributed by atoms with Crippen LogP contribution in [0.5, 0.6) is 0 Å². The summed E-state index contributed by atoms with van der Waals surface area (Å²) in [5, 5.41) is 23.0. The number of carbonyl (C=O) groups excluding carboxylic acids is 2. The fourth-order valence-electron chi connectivity index (χ4n) is 4.34. The number of aryl methyl sites for hydroxylation is 2. The first-order valence-electron chi connectivity index (χ1n) is 14.6. The number of Topliss-reactive ketones (excluding diaryl/α,β-unsaturated/α-hetero) is 1. The summed E-state index contributed by atoms with van der Waals surface area (Å²) in [5.74, 6) is 1.89. The number of rotatable bonds is 13. The van der Waals surface area contributed by atoms with Crippen molar-refractivity contribution in [2.45, 2.75) is 84.5 Å². The van der Waals surface area contributed by atoms with Crippen molar-refractivity contribution in [3.63, 3.8) is 0 Å². The summed E-state index contributed by atoms with van der Waals surface area (Å²) < 4.78 is 0. The largest absolute Gasteiger partial charge is 0.300 e. The van der Waals surface area contributed by atoms with Crippen molar-refractivity contribution in [3.8, 4) is 0 Å². The van der Waals surface area contributed by atoms with Gasteiger partial charge in [0.15, 0.2) is 0 Å². The minimum atomic E-state index is -0.0894. The molecule has 0 fully saturated rings. The minimum absolute atomic E-state index is 0.0889. The number of carbonyl (C=O) groups is 2. The van der Waals surface area contributed by atoms with Gasteiger partial charge in [-0.1, -0.05) is 101 Å². The van der Waals surface area contributed by atoms with Crippen molar-refractivity contribution in [2.24, 2.45) is 0 Å². The van der Waals surface area contributed by atoms with Crippen LogP contribution in [0.3, 0.4) is 0 Å². The summed E-state index contributed by atoms with van der Waals surface area (Å²) >= 11 is 4.77. The molecule has 0 aliphatic carbocycles. The van der Waals surface area contributed by atoms with E-state index in [0.717, 1.165) is 50.5 Å². The van der Waals surface area contributed by atoms with Crippen molar-refractivity contribution < 1.29 is 9.59 Å². The molecule has 228 valence electrons. The second-order valence-electron chi connectivity index (χ2n) is 12.7. The molecule has 0 atom stereocenters. The van der Waals surface area contributed by atoms with E-state index in [1.165, 1.54) is 33.8 Å². The molecule has 0 saturated carbocycles. The lowest BCUT2D eigenvalue weighted by atomic mass is 9.86. The summed E-state index contributed by atoms with van der Waals surface area (Å²) in [6.45, 7) is 13.1. The predicted octanol–water partition coefficient (Wildman–Crippen LogP) is 7.04. The molecule has 0 bridgehead atoms. The van der Waals surface area contributed by atoms with Crippen LogP contribution >= 0.6 is 34.4 Å². The Kier molecular flexibility index (Phi) is 11.3. The van der Waals surface area contributed by atoms with Crippen LogP contribution in [0.2, 0.25) is 0 Å². The Hall–Kier alpha value is -2.95. The predicted molar refractivity (Wildman–Crippen MR) is 180 cm³/mol. The lowest BCUT2D eigenvalue weighted by Crippen LogP contribution is -2.15. The molecule has 0 unspecified atom stereocenters. The maximum Gasteiger partial charge on any atom is 0.230 e. The second-order valence-corrected chi connectivity index (χ2v) is 16.1. The zero-order valence-electron chi connectivity index (χ0n) is 25.9. The van der Waals surface area contributed by atoms with Crippen molar-refractivity contribution in [2.75, 3.05) is 16.8 Å². The van der Waals surface area contributed by atoms with Gasteiger partial charge in [0.25, 0.3) is 0 Å². The Labute approximate surface area is 267 Å². The molecule has 43 heavy (non-hydrogen) atoms. The molecule has 1 amide bonds. The van der Waals surface area contributed by atoms with Crippen LogP contribution in [0.1, 0.15) is 78.8 Å². The Morgan fingerprint density at radius 2 is 1.14 bits per heavy atom. The maximum atomic E-state index is 12.6. The number of hydrogen-bond donors (Lipinski definition) is 1. The molecule has 0 saturated heterocycles. The fourth-order valence-corrected chi connectivity index (χ4v) is 7.11. The van der Waals surface area contributed by atoms with E-state index in [-0.39, 0.29) is 22.5 Å². The Bertz CT molecular complexity index is 1380. The van der Waals surface area contributed by atoms with Crippen molar-refractivity contribution in [3.05, 3.63) is 85.8 Å². The van der Waals surface area contributed by atoms with Crippen LogP contribution in [-0.2, 0) is 52.5 Å².